The molecule has 104 valence electrons. The number of phenols is 2. The minimum atomic E-state index is 0.269. The van der Waals surface area contributed by atoms with E-state index in [0.717, 1.165) is 43.1 Å². The van der Waals surface area contributed by atoms with Gasteiger partial charge in [0, 0.05) is 10.8 Å². The first-order valence-electron chi connectivity index (χ1n) is 7.24. The van der Waals surface area contributed by atoms with Gasteiger partial charge in [-0.2, -0.15) is 0 Å². The number of rotatable bonds is 0. The first-order chi connectivity index (χ1) is 10.7. The summed E-state index contributed by atoms with van der Waals surface area (Å²) in [5.41, 5.74) is 0. The fraction of sp³-hybridized carbons (Fsp3) is 0. The maximum absolute atomic E-state index is 10.2. The summed E-state index contributed by atoms with van der Waals surface area (Å²) < 4.78 is 0. The molecule has 2 nitrogen and oxygen atoms in total. The smallest absolute Gasteiger partial charge is 0.123 e. The van der Waals surface area contributed by atoms with Gasteiger partial charge < -0.3 is 10.2 Å². The van der Waals surface area contributed by atoms with Crippen molar-refractivity contribution in [1.29, 1.82) is 0 Å². The van der Waals surface area contributed by atoms with Crippen LogP contribution >= 0.6 is 0 Å². The van der Waals surface area contributed by atoms with Gasteiger partial charge in [0.05, 0.1) is 0 Å². The van der Waals surface area contributed by atoms with Gasteiger partial charge in [-0.05, 0) is 56.6 Å². The zero-order valence-electron chi connectivity index (χ0n) is 11.7. The maximum Gasteiger partial charge on any atom is 0.123 e. The Morgan fingerprint density at radius 3 is 2.09 bits per heavy atom. The van der Waals surface area contributed by atoms with Crippen LogP contribution in [0, 0.1) is 0 Å². The van der Waals surface area contributed by atoms with Crippen LogP contribution in [0.1, 0.15) is 0 Å². The van der Waals surface area contributed by atoms with Crippen LogP contribution in [0.2, 0.25) is 0 Å². The zero-order valence-corrected chi connectivity index (χ0v) is 11.7. The number of fused-ring (bicyclic) bond motifs is 2. The molecule has 0 saturated heterocycles. The van der Waals surface area contributed by atoms with Gasteiger partial charge >= 0.3 is 0 Å². The van der Waals surface area contributed by atoms with Crippen LogP contribution in [-0.4, -0.2) is 10.2 Å². The molecule has 2 heteroatoms. The van der Waals surface area contributed by atoms with E-state index in [2.05, 4.69) is 24.3 Å². The highest BCUT2D eigenvalue weighted by Gasteiger charge is 2.12. The predicted octanol–water partition coefficient (Wildman–Crippen LogP) is 5.15. The van der Waals surface area contributed by atoms with Crippen LogP contribution in [0.5, 0.6) is 11.5 Å². The molecule has 0 aliphatic carbocycles. The quantitative estimate of drug-likeness (QED) is 0.305. The summed E-state index contributed by atoms with van der Waals surface area (Å²) in [6.07, 6.45) is 0. The molecule has 0 fully saturated rings. The molecular formula is C20H12O2. The summed E-state index contributed by atoms with van der Waals surface area (Å²) in [5.74, 6) is 0.572. The predicted molar refractivity (Wildman–Crippen MR) is 91.0 cm³/mol. The Labute approximate surface area is 126 Å². The van der Waals surface area contributed by atoms with Crippen LogP contribution in [0.4, 0.5) is 0 Å². The first kappa shape index (κ1) is 11.6. The molecule has 22 heavy (non-hydrogen) atoms. The molecule has 0 aliphatic rings. The third-order valence-electron chi connectivity index (χ3n) is 4.56. The molecular weight excluding hydrogens is 272 g/mol. The van der Waals surface area contributed by atoms with Gasteiger partial charge in [0.25, 0.3) is 0 Å². The first-order valence-corrected chi connectivity index (χ1v) is 7.24. The van der Waals surface area contributed by atoms with Crippen molar-refractivity contribution < 1.29 is 10.2 Å². The van der Waals surface area contributed by atoms with Crippen molar-refractivity contribution in [3.8, 4) is 11.5 Å². The zero-order chi connectivity index (χ0) is 14.8. The van der Waals surface area contributed by atoms with E-state index in [1.54, 1.807) is 18.2 Å². The van der Waals surface area contributed by atoms with Crippen LogP contribution in [-0.2, 0) is 0 Å². The number of hydrogen-bond acceptors (Lipinski definition) is 2. The molecule has 0 aromatic heterocycles. The van der Waals surface area contributed by atoms with Crippen molar-refractivity contribution in [1.82, 2.24) is 0 Å². The Hall–Kier alpha value is -3.00. The number of phenolic OH excluding ortho intramolecular Hbond substituents is 2. The highest BCUT2D eigenvalue weighted by atomic mass is 16.3. The highest BCUT2D eigenvalue weighted by Crippen LogP contribution is 2.41. The Kier molecular flexibility index (Phi) is 2.01. The van der Waals surface area contributed by atoms with Crippen molar-refractivity contribution >= 4 is 43.1 Å². The number of benzene rings is 5. The minimum Gasteiger partial charge on any atom is -0.508 e. The Morgan fingerprint density at radius 2 is 1.18 bits per heavy atom. The summed E-state index contributed by atoms with van der Waals surface area (Å²) in [7, 11) is 0. The lowest BCUT2D eigenvalue weighted by Gasteiger charge is -2.13. The summed E-state index contributed by atoms with van der Waals surface area (Å²) in [6, 6.07) is 19.5. The van der Waals surface area contributed by atoms with Gasteiger partial charge in [-0.25, -0.2) is 0 Å². The van der Waals surface area contributed by atoms with Gasteiger partial charge in [0.15, 0.2) is 0 Å². The van der Waals surface area contributed by atoms with E-state index in [0.29, 0.717) is 5.75 Å². The summed E-state index contributed by atoms with van der Waals surface area (Å²) in [6.45, 7) is 0. The summed E-state index contributed by atoms with van der Waals surface area (Å²) in [5, 5.41) is 28.6. The summed E-state index contributed by atoms with van der Waals surface area (Å²) >= 11 is 0. The lowest BCUT2D eigenvalue weighted by Crippen LogP contribution is -1.86. The second-order valence-electron chi connectivity index (χ2n) is 5.79. The van der Waals surface area contributed by atoms with E-state index in [1.165, 1.54) is 0 Å². The molecule has 5 aromatic rings. The normalized spacial score (nSPS) is 12.0. The molecule has 5 aromatic carbocycles. The van der Waals surface area contributed by atoms with Crippen molar-refractivity contribution in [2.24, 2.45) is 0 Å². The van der Waals surface area contributed by atoms with Crippen molar-refractivity contribution in [2.45, 2.75) is 0 Å². The van der Waals surface area contributed by atoms with Gasteiger partial charge in [-0.3, -0.25) is 0 Å². The molecule has 0 spiro atoms. The molecule has 0 saturated carbocycles. The van der Waals surface area contributed by atoms with E-state index in [1.807, 2.05) is 18.2 Å². The molecule has 0 aliphatic heterocycles. The molecule has 0 radical (unpaired) electrons. The summed E-state index contributed by atoms with van der Waals surface area (Å²) in [4.78, 5) is 0. The topological polar surface area (TPSA) is 40.5 Å². The van der Waals surface area contributed by atoms with Gasteiger partial charge in [-0.15, -0.1) is 0 Å². The average Bonchev–Trinajstić information content (AvgIpc) is 2.54. The Morgan fingerprint density at radius 1 is 0.500 bits per heavy atom. The van der Waals surface area contributed by atoms with Gasteiger partial charge in [-0.1, -0.05) is 36.4 Å². The van der Waals surface area contributed by atoms with Crippen molar-refractivity contribution in [3.05, 3.63) is 60.7 Å². The molecule has 5 rings (SSSR count). The second kappa shape index (κ2) is 3.80. The lowest BCUT2D eigenvalue weighted by molar-refractivity contribution is 0.476. The van der Waals surface area contributed by atoms with Gasteiger partial charge in [0.1, 0.15) is 11.5 Å². The SMILES string of the molecule is Oc1ccc2cc3ccc4c(O)ccc5ccc(c2c1)c3c54. The van der Waals surface area contributed by atoms with E-state index >= 15 is 0 Å². The number of aromatic hydroxyl groups is 2. The third kappa shape index (κ3) is 1.34. The van der Waals surface area contributed by atoms with Crippen LogP contribution < -0.4 is 0 Å². The third-order valence-corrected chi connectivity index (χ3v) is 4.56. The lowest BCUT2D eigenvalue weighted by atomic mass is 9.91. The molecule has 0 unspecified atom stereocenters. The fourth-order valence-corrected chi connectivity index (χ4v) is 3.58. The monoisotopic (exact) mass is 284 g/mol. The largest absolute Gasteiger partial charge is 0.508 e. The molecule has 0 bridgehead atoms. The van der Waals surface area contributed by atoms with Gasteiger partial charge in [0.2, 0.25) is 0 Å². The average molecular weight is 284 g/mol. The van der Waals surface area contributed by atoms with Crippen LogP contribution in [0.15, 0.2) is 60.7 Å². The minimum absolute atomic E-state index is 0.269. The van der Waals surface area contributed by atoms with Crippen molar-refractivity contribution in [3.63, 3.8) is 0 Å². The van der Waals surface area contributed by atoms with E-state index < -0.39 is 0 Å². The number of hydrogen-bond donors (Lipinski definition) is 2. The fourth-order valence-electron chi connectivity index (χ4n) is 3.58. The Bertz CT molecular complexity index is 1190. The molecule has 0 amide bonds. The van der Waals surface area contributed by atoms with Crippen LogP contribution in [0.25, 0.3) is 43.1 Å². The molecule has 0 atom stereocenters. The maximum atomic E-state index is 10.2. The highest BCUT2D eigenvalue weighted by molar-refractivity contribution is 6.29. The van der Waals surface area contributed by atoms with E-state index in [4.69, 9.17) is 0 Å². The second-order valence-corrected chi connectivity index (χ2v) is 5.79. The molecule has 0 heterocycles. The standard InChI is InChI=1S/C20H12O2/c21-14-5-1-12-9-13-3-7-16-18(22)8-4-11-2-6-15(17(12)10-14)20(13)19(11)16/h1-10,21-22H. The van der Waals surface area contributed by atoms with E-state index in [9.17, 15) is 10.2 Å². The Balaban J connectivity index is 2.18. The van der Waals surface area contributed by atoms with Crippen molar-refractivity contribution in [2.75, 3.05) is 0 Å². The molecule has 2 N–H and O–H groups in total. The van der Waals surface area contributed by atoms with Crippen LogP contribution in [0.3, 0.4) is 0 Å². The van der Waals surface area contributed by atoms with E-state index in [-0.39, 0.29) is 5.75 Å².